The van der Waals surface area contributed by atoms with E-state index >= 15 is 0 Å². The van der Waals surface area contributed by atoms with E-state index in [1.807, 2.05) is 11.5 Å². The Hall–Kier alpha value is -2.12. The van der Waals surface area contributed by atoms with Crippen LogP contribution >= 0.6 is 0 Å². The highest BCUT2D eigenvalue weighted by Crippen LogP contribution is 2.09. The second-order valence-corrected chi connectivity index (χ2v) is 4.49. The number of carboxylic acid groups (broad SMARTS) is 1. The Balaban J connectivity index is 1.95. The second kappa shape index (κ2) is 5.68. The van der Waals surface area contributed by atoms with Crippen LogP contribution in [0.5, 0.6) is 0 Å². The van der Waals surface area contributed by atoms with Gasteiger partial charge in [-0.2, -0.15) is 0 Å². The number of nitrogens with one attached hydrogen (secondary N) is 1. The van der Waals surface area contributed by atoms with Crippen molar-refractivity contribution >= 4 is 12.0 Å². The maximum absolute atomic E-state index is 12.0. The van der Waals surface area contributed by atoms with E-state index in [4.69, 9.17) is 5.11 Å². The van der Waals surface area contributed by atoms with Gasteiger partial charge in [-0.05, 0) is 6.42 Å². The molecule has 0 aliphatic carbocycles. The summed E-state index contributed by atoms with van der Waals surface area (Å²) in [5, 5.41) is 19.2. The van der Waals surface area contributed by atoms with Gasteiger partial charge in [0.25, 0.3) is 0 Å². The lowest BCUT2D eigenvalue weighted by Gasteiger charge is -2.28. The second-order valence-electron chi connectivity index (χ2n) is 4.49. The molecule has 2 amide bonds. The SMILES string of the molecule is CCCC(NC(=O)N1CCn2cnnc2C1)C(=O)O. The zero-order chi connectivity index (χ0) is 13.8. The van der Waals surface area contributed by atoms with Crippen molar-refractivity contribution in [3.63, 3.8) is 0 Å². The Morgan fingerprint density at radius 3 is 3.00 bits per heavy atom. The zero-order valence-electron chi connectivity index (χ0n) is 10.7. The fourth-order valence-electron chi connectivity index (χ4n) is 2.03. The first kappa shape index (κ1) is 13.3. The van der Waals surface area contributed by atoms with Crippen LogP contribution in [-0.4, -0.2) is 49.4 Å². The Morgan fingerprint density at radius 2 is 2.32 bits per heavy atom. The third-order valence-electron chi connectivity index (χ3n) is 3.10. The average molecular weight is 267 g/mol. The van der Waals surface area contributed by atoms with Gasteiger partial charge in [0.1, 0.15) is 12.4 Å². The van der Waals surface area contributed by atoms with Crippen molar-refractivity contribution in [3.05, 3.63) is 12.2 Å². The summed E-state index contributed by atoms with van der Waals surface area (Å²) in [6.07, 6.45) is 2.75. The summed E-state index contributed by atoms with van der Waals surface area (Å²) in [7, 11) is 0. The Kier molecular flexibility index (Phi) is 3.98. The molecule has 1 atom stereocenters. The van der Waals surface area contributed by atoms with Crippen molar-refractivity contribution < 1.29 is 14.7 Å². The first-order chi connectivity index (χ1) is 9.11. The quantitative estimate of drug-likeness (QED) is 0.803. The molecule has 0 spiro atoms. The largest absolute Gasteiger partial charge is 0.480 e. The van der Waals surface area contributed by atoms with Gasteiger partial charge in [0.05, 0.1) is 6.54 Å². The molecule has 104 valence electrons. The molecular formula is C11H17N5O3. The predicted octanol–water partition coefficient (Wildman–Crippen LogP) is 0.0566. The van der Waals surface area contributed by atoms with Crippen molar-refractivity contribution in [3.8, 4) is 0 Å². The fraction of sp³-hybridized carbons (Fsp3) is 0.636. The molecule has 0 bridgehead atoms. The molecule has 19 heavy (non-hydrogen) atoms. The lowest BCUT2D eigenvalue weighted by Crippen LogP contribution is -2.49. The summed E-state index contributed by atoms with van der Waals surface area (Å²) in [4.78, 5) is 24.6. The van der Waals surface area contributed by atoms with Gasteiger partial charge in [-0.15, -0.1) is 10.2 Å². The van der Waals surface area contributed by atoms with Crippen LogP contribution in [-0.2, 0) is 17.9 Å². The predicted molar refractivity (Wildman–Crippen MR) is 65.3 cm³/mol. The number of urea groups is 1. The number of carboxylic acids is 1. The lowest BCUT2D eigenvalue weighted by molar-refractivity contribution is -0.139. The molecule has 0 radical (unpaired) electrons. The first-order valence-electron chi connectivity index (χ1n) is 6.26. The summed E-state index contributed by atoms with van der Waals surface area (Å²) >= 11 is 0. The number of fused-ring (bicyclic) bond motifs is 1. The standard InChI is InChI=1S/C11H17N5O3/c1-2-3-8(10(17)18)13-11(19)15-4-5-16-7-12-14-9(16)6-15/h7-8H,2-6H2,1H3,(H,13,19)(H,17,18). The van der Waals surface area contributed by atoms with Crippen LogP contribution in [0.15, 0.2) is 6.33 Å². The van der Waals surface area contributed by atoms with Crippen LogP contribution in [0.25, 0.3) is 0 Å². The van der Waals surface area contributed by atoms with E-state index in [0.29, 0.717) is 38.3 Å². The van der Waals surface area contributed by atoms with Gasteiger partial charge in [-0.25, -0.2) is 9.59 Å². The van der Waals surface area contributed by atoms with Crippen molar-refractivity contribution in [2.24, 2.45) is 0 Å². The van der Waals surface area contributed by atoms with Crippen LogP contribution in [0.1, 0.15) is 25.6 Å². The van der Waals surface area contributed by atoms with Crippen LogP contribution < -0.4 is 5.32 Å². The number of hydrogen-bond acceptors (Lipinski definition) is 4. The fourth-order valence-corrected chi connectivity index (χ4v) is 2.03. The number of carbonyl (C=O) groups is 2. The van der Waals surface area contributed by atoms with E-state index in [-0.39, 0.29) is 6.03 Å². The Morgan fingerprint density at radius 1 is 1.53 bits per heavy atom. The molecule has 1 aromatic rings. The molecule has 1 unspecified atom stereocenters. The summed E-state index contributed by atoms with van der Waals surface area (Å²) in [5.74, 6) is -0.292. The molecular weight excluding hydrogens is 250 g/mol. The molecule has 2 rings (SSSR count). The molecule has 2 N–H and O–H groups in total. The van der Waals surface area contributed by atoms with E-state index in [2.05, 4.69) is 15.5 Å². The van der Waals surface area contributed by atoms with Gasteiger partial charge < -0.3 is 19.9 Å². The monoisotopic (exact) mass is 267 g/mol. The van der Waals surface area contributed by atoms with Gasteiger partial charge in [0.2, 0.25) is 0 Å². The summed E-state index contributed by atoms with van der Waals surface area (Å²) < 4.78 is 1.88. The maximum Gasteiger partial charge on any atom is 0.326 e. The molecule has 0 fully saturated rings. The van der Waals surface area contributed by atoms with E-state index in [9.17, 15) is 9.59 Å². The van der Waals surface area contributed by atoms with Crippen molar-refractivity contribution in [2.75, 3.05) is 6.54 Å². The topological polar surface area (TPSA) is 100 Å². The van der Waals surface area contributed by atoms with Crippen molar-refractivity contribution in [2.45, 2.75) is 38.9 Å². The van der Waals surface area contributed by atoms with E-state index < -0.39 is 12.0 Å². The van der Waals surface area contributed by atoms with Crippen LogP contribution in [0.2, 0.25) is 0 Å². The molecule has 1 aromatic heterocycles. The third kappa shape index (κ3) is 3.01. The molecule has 2 heterocycles. The minimum absolute atomic E-state index is 0.351. The van der Waals surface area contributed by atoms with Gasteiger partial charge in [0.15, 0.2) is 5.82 Å². The van der Waals surface area contributed by atoms with Crippen molar-refractivity contribution in [1.29, 1.82) is 0 Å². The minimum Gasteiger partial charge on any atom is -0.480 e. The number of nitrogens with zero attached hydrogens (tertiary/aromatic N) is 4. The van der Waals surface area contributed by atoms with Crippen molar-refractivity contribution in [1.82, 2.24) is 25.0 Å². The van der Waals surface area contributed by atoms with E-state index in [1.54, 1.807) is 11.2 Å². The normalized spacial score (nSPS) is 15.7. The number of amides is 2. The Bertz CT molecular complexity index is 473. The first-order valence-corrected chi connectivity index (χ1v) is 6.26. The number of rotatable bonds is 4. The average Bonchev–Trinajstić information content (AvgIpc) is 2.85. The summed E-state index contributed by atoms with van der Waals surface area (Å²) in [5.41, 5.74) is 0. The zero-order valence-corrected chi connectivity index (χ0v) is 10.7. The molecule has 8 nitrogen and oxygen atoms in total. The molecule has 8 heteroatoms. The lowest BCUT2D eigenvalue weighted by atomic mass is 10.2. The molecule has 1 aliphatic rings. The molecule has 0 aromatic carbocycles. The minimum atomic E-state index is -1.00. The van der Waals surface area contributed by atoms with Gasteiger partial charge in [-0.3, -0.25) is 0 Å². The molecule has 0 saturated carbocycles. The van der Waals surface area contributed by atoms with E-state index in [1.165, 1.54) is 0 Å². The molecule has 0 saturated heterocycles. The third-order valence-corrected chi connectivity index (χ3v) is 3.10. The highest BCUT2D eigenvalue weighted by Gasteiger charge is 2.25. The number of carbonyl (C=O) groups excluding carboxylic acids is 1. The summed E-state index contributed by atoms with van der Waals surface area (Å²) in [6, 6.07) is -1.20. The Labute approximate surface area is 110 Å². The maximum atomic E-state index is 12.0. The van der Waals surface area contributed by atoms with Crippen LogP contribution in [0.4, 0.5) is 4.79 Å². The van der Waals surface area contributed by atoms with Gasteiger partial charge in [-0.1, -0.05) is 13.3 Å². The number of aromatic nitrogens is 3. The van der Waals surface area contributed by atoms with Crippen LogP contribution in [0.3, 0.4) is 0 Å². The number of aliphatic carboxylic acids is 1. The van der Waals surface area contributed by atoms with Gasteiger partial charge in [0, 0.05) is 13.1 Å². The van der Waals surface area contributed by atoms with Gasteiger partial charge >= 0.3 is 12.0 Å². The number of hydrogen-bond donors (Lipinski definition) is 2. The smallest absolute Gasteiger partial charge is 0.326 e. The highest BCUT2D eigenvalue weighted by atomic mass is 16.4. The molecule has 1 aliphatic heterocycles. The van der Waals surface area contributed by atoms with E-state index in [0.717, 1.165) is 0 Å². The highest BCUT2D eigenvalue weighted by molar-refractivity contribution is 5.82. The van der Waals surface area contributed by atoms with Crippen LogP contribution in [0, 0.1) is 0 Å². The summed E-state index contributed by atoms with van der Waals surface area (Å²) in [6.45, 7) is 3.38.